The third-order valence-electron chi connectivity index (χ3n) is 3.00. The van der Waals surface area contributed by atoms with Crippen molar-refractivity contribution in [3.8, 4) is 0 Å². The van der Waals surface area contributed by atoms with Gasteiger partial charge >= 0.3 is 11.9 Å². The van der Waals surface area contributed by atoms with Gasteiger partial charge in [-0.05, 0) is 18.9 Å². The minimum atomic E-state index is -0.542. The van der Waals surface area contributed by atoms with E-state index in [-0.39, 0.29) is 25.1 Å². The Balaban J connectivity index is 2.46. The highest BCUT2D eigenvalue weighted by Crippen LogP contribution is 2.21. The maximum Gasteiger partial charge on any atom is 0.306 e. The Bertz CT molecular complexity index is 555. The second-order valence-corrected chi connectivity index (χ2v) is 4.70. The molecule has 0 aliphatic heterocycles. The Morgan fingerprint density at radius 1 is 1.18 bits per heavy atom. The molecular weight excluding hydrogens is 290 g/mol. The molecule has 0 spiro atoms. The van der Waals surface area contributed by atoms with Crippen LogP contribution in [-0.2, 0) is 25.7 Å². The molecular formula is C15H19NO6. The molecule has 0 heterocycles. The van der Waals surface area contributed by atoms with E-state index in [4.69, 9.17) is 9.47 Å². The van der Waals surface area contributed by atoms with Crippen LogP contribution >= 0.6 is 0 Å². The van der Waals surface area contributed by atoms with Crippen molar-refractivity contribution in [2.45, 2.75) is 39.7 Å². The van der Waals surface area contributed by atoms with Gasteiger partial charge in [-0.1, -0.05) is 19.1 Å². The summed E-state index contributed by atoms with van der Waals surface area (Å²) < 4.78 is 9.87. The van der Waals surface area contributed by atoms with Crippen LogP contribution in [0, 0.1) is 17.0 Å². The zero-order valence-corrected chi connectivity index (χ0v) is 12.7. The smallest absolute Gasteiger partial charge is 0.306 e. The fraction of sp³-hybridized carbons (Fsp3) is 0.467. The largest absolute Gasteiger partial charge is 0.466 e. The van der Waals surface area contributed by atoms with Gasteiger partial charge in [0, 0.05) is 11.6 Å². The summed E-state index contributed by atoms with van der Waals surface area (Å²) in [7, 11) is 0. The standard InChI is InChI=1S/C15H19NO6/c1-3-9-21-14(17)7-8-15(18)22-10-12-5-4-6-13(11(12)2)16(19)20/h4-6H,3,7-10H2,1-2H3. The third kappa shape index (κ3) is 5.51. The second-order valence-electron chi connectivity index (χ2n) is 4.70. The fourth-order valence-electron chi connectivity index (χ4n) is 1.75. The van der Waals surface area contributed by atoms with Gasteiger partial charge < -0.3 is 9.47 Å². The summed E-state index contributed by atoms with van der Waals surface area (Å²) in [6, 6.07) is 4.59. The minimum absolute atomic E-state index is 0.0170. The normalized spacial score (nSPS) is 10.1. The van der Waals surface area contributed by atoms with Crippen molar-refractivity contribution < 1.29 is 24.0 Å². The number of rotatable bonds is 8. The SMILES string of the molecule is CCCOC(=O)CCC(=O)OCc1cccc([N+](=O)[O-])c1C. The lowest BCUT2D eigenvalue weighted by Crippen LogP contribution is -2.11. The van der Waals surface area contributed by atoms with E-state index in [9.17, 15) is 19.7 Å². The van der Waals surface area contributed by atoms with Crippen molar-refractivity contribution in [2.75, 3.05) is 6.61 Å². The van der Waals surface area contributed by atoms with E-state index in [1.807, 2.05) is 6.92 Å². The highest BCUT2D eigenvalue weighted by Gasteiger charge is 2.15. The van der Waals surface area contributed by atoms with Crippen LogP contribution in [-0.4, -0.2) is 23.5 Å². The molecule has 0 saturated carbocycles. The zero-order valence-electron chi connectivity index (χ0n) is 12.7. The van der Waals surface area contributed by atoms with E-state index < -0.39 is 16.9 Å². The zero-order chi connectivity index (χ0) is 16.5. The van der Waals surface area contributed by atoms with Crippen LogP contribution in [0.4, 0.5) is 5.69 Å². The molecule has 1 aromatic carbocycles. The highest BCUT2D eigenvalue weighted by molar-refractivity contribution is 5.77. The topological polar surface area (TPSA) is 95.7 Å². The molecule has 0 amide bonds. The molecule has 7 heteroatoms. The van der Waals surface area contributed by atoms with Gasteiger partial charge in [0.05, 0.1) is 24.4 Å². The van der Waals surface area contributed by atoms with E-state index in [2.05, 4.69) is 0 Å². The predicted molar refractivity (Wildman–Crippen MR) is 78.1 cm³/mol. The van der Waals surface area contributed by atoms with Gasteiger partial charge in [0.15, 0.2) is 0 Å². The molecule has 0 atom stereocenters. The quantitative estimate of drug-likeness (QED) is 0.416. The monoisotopic (exact) mass is 309 g/mol. The second kappa shape index (κ2) is 8.76. The number of carbonyl (C=O) groups is 2. The lowest BCUT2D eigenvalue weighted by atomic mass is 10.1. The van der Waals surface area contributed by atoms with Crippen LogP contribution in [0.15, 0.2) is 18.2 Å². The first-order chi connectivity index (χ1) is 10.5. The average Bonchev–Trinajstić information content (AvgIpc) is 2.49. The number of nitro groups is 1. The van der Waals surface area contributed by atoms with Crippen molar-refractivity contribution in [2.24, 2.45) is 0 Å². The molecule has 0 N–H and O–H groups in total. The molecule has 0 radical (unpaired) electrons. The third-order valence-corrected chi connectivity index (χ3v) is 3.00. The van der Waals surface area contributed by atoms with Gasteiger partial charge in [0.2, 0.25) is 0 Å². The van der Waals surface area contributed by atoms with Crippen molar-refractivity contribution in [3.05, 3.63) is 39.4 Å². The Hall–Kier alpha value is -2.44. The summed E-state index contributed by atoms with van der Waals surface area (Å²) in [5.41, 5.74) is 1.01. The Labute approximate surface area is 128 Å². The number of hydrogen-bond donors (Lipinski definition) is 0. The minimum Gasteiger partial charge on any atom is -0.466 e. The molecule has 0 aliphatic rings. The van der Waals surface area contributed by atoms with Crippen LogP contribution in [0.3, 0.4) is 0 Å². The molecule has 0 fully saturated rings. The van der Waals surface area contributed by atoms with Crippen molar-refractivity contribution in [1.82, 2.24) is 0 Å². The van der Waals surface area contributed by atoms with Crippen LogP contribution < -0.4 is 0 Å². The summed E-state index contributed by atoms with van der Waals surface area (Å²) in [5, 5.41) is 10.8. The van der Waals surface area contributed by atoms with Gasteiger partial charge in [0.25, 0.3) is 5.69 Å². The van der Waals surface area contributed by atoms with Crippen molar-refractivity contribution >= 4 is 17.6 Å². The van der Waals surface area contributed by atoms with Gasteiger partial charge in [0.1, 0.15) is 6.61 Å². The van der Waals surface area contributed by atoms with E-state index >= 15 is 0 Å². The molecule has 0 bridgehead atoms. The molecule has 0 saturated heterocycles. The molecule has 7 nitrogen and oxygen atoms in total. The van der Waals surface area contributed by atoms with Crippen LogP contribution in [0.1, 0.15) is 37.3 Å². The number of carbonyl (C=O) groups excluding carboxylic acids is 2. The molecule has 22 heavy (non-hydrogen) atoms. The van der Waals surface area contributed by atoms with Gasteiger partial charge in [-0.3, -0.25) is 19.7 Å². The Morgan fingerprint density at radius 2 is 1.82 bits per heavy atom. The van der Waals surface area contributed by atoms with E-state index in [1.54, 1.807) is 13.0 Å². The molecule has 120 valence electrons. The number of benzene rings is 1. The van der Waals surface area contributed by atoms with Gasteiger partial charge in [-0.25, -0.2) is 0 Å². The number of ether oxygens (including phenoxy) is 2. The maximum absolute atomic E-state index is 11.6. The number of nitro benzene ring substituents is 1. The summed E-state index contributed by atoms with van der Waals surface area (Å²) in [5.74, 6) is -0.982. The molecule has 1 rings (SSSR count). The highest BCUT2D eigenvalue weighted by atomic mass is 16.6. The van der Waals surface area contributed by atoms with E-state index in [0.29, 0.717) is 17.7 Å². The van der Waals surface area contributed by atoms with Crippen LogP contribution in [0.2, 0.25) is 0 Å². The van der Waals surface area contributed by atoms with Crippen molar-refractivity contribution in [3.63, 3.8) is 0 Å². The first-order valence-corrected chi connectivity index (χ1v) is 6.99. The maximum atomic E-state index is 11.6. The molecule has 0 unspecified atom stereocenters. The first kappa shape index (κ1) is 17.6. The predicted octanol–water partition coefficient (Wildman–Crippen LogP) is 2.68. The summed E-state index contributed by atoms with van der Waals surface area (Å²) in [6.07, 6.45) is 0.617. The van der Waals surface area contributed by atoms with Crippen LogP contribution in [0.5, 0.6) is 0 Å². The van der Waals surface area contributed by atoms with Crippen molar-refractivity contribution in [1.29, 1.82) is 0 Å². The fourth-order valence-corrected chi connectivity index (χ4v) is 1.75. The summed E-state index contributed by atoms with van der Waals surface area (Å²) in [6.45, 7) is 3.75. The van der Waals surface area contributed by atoms with E-state index in [0.717, 1.165) is 6.42 Å². The number of hydrogen-bond acceptors (Lipinski definition) is 6. The Morgan fingerprint density at radius 3 is 2.41 bits per heavy atom. The van der Waals surface area contributed by atoms with Gasteiger partial charge in [-0.15, -0.1) is 0 Å². The number of esters is 2. The lowest BCUT2D eigenvalue weighted by Gasteiger charge is -2.08. The van der Waals surface area contributed by atoms with Crippen LogP contribution in [0.25, 0.3) is 0 Å². The average molecular weight is 309 g/mol. The van der Waals surface area contributed by atoms with E-state index in [1.165, 1.54) is 12.1 Å². The molecule has 0 aromatic heterocycles. The Kier molecular flexibility index (Phi) is 7.01. The number of nitrogens with zero attached hydrogens (tertiary/aromatic N) is 1. The first-order valence-electron chi connectivity index (χ1n) is 6.99. The summed E-state index contributed by atoms with van der Waals surface area (Å²) >= 11 is 0. The molecule has 1 aromatic rings. The molecule has 0 aliphatic carbocycles. The van der Waals surface area contributed by atoms with Gasteiger partial charge in [-0.2, -0.15) is 0 Å². The lowest BCUT2D eigenvalue weighted by molar-refractivity contribution is -0.385. The summed E-state index contributed by atoms with van der Waals surface area (Å²) in [4.78, 5) is 33.2.